The molecule has 0 spiro atoms. The van der Waals surface area contributed by atoms with Crippen LogP contribution in [-0.2, 0) is 10.0 Å². The Morgan fingerprint density at radius 2 is 1.79 bits per heavy atom. The van der Waals surface area contributed by atoms with Crippen LogP contribution in [0.3, 0.4) is 0 Å². The molecule has 0 aliphatic carbocycles. The zero-order chi connectivity index (χ0) is 17.9. The fraction of sp³-hybridized carbons (Fsp3) is 0.235. The number of anilines is 1. The monoisotopic (exact) mass is 366 g/mol. The Kier molecular flexibility index (Phi) is 5.51. The van der Waals surface area contributed by atoms with Crippen LogP contribution in [0.4, 0.5) is 5.69 Å². The Balaban J connectivity index is 2.44. The second-order valence-electron chi connectivity index (χ2n) is 5.29. The van der Waals surface area contributed by atoms with Crippen LogP contribution in [0.5, 0.6) is 0 Å². The van der Waals surface area contributed by atoms with E-state index in [1.54, 1.807) is 25.1 Å². The third-order valence-electron chi connectivity index (χ3n) is 3.62. The molecule has 0 radical (unpaired) electrons. The van der Waals surface area contributed by atoms with Crippen molar-refractivity contribution in [3.63, 3.8) is 0 Å². The Labute approximate surface area is 147 Å². The van der Waals surface area contributed by atoms with Gasteiger partial charge in [0.15, 0.2) is 0 Å². The molecular weight excluding hydrogens is 348 g/mol. The van der Waals surface area contributed by atoms with E-state index in [0.29, 0.717) is 22.8 Å². The maximum Gasteiger partial charge on any atom is 0.264 e. The predicted molar refractivity (Wildman–Crippen MR) is 96.2 cm³/mol. The first-order chi connectivity index (χ1) is 11.3. The van der Waals surface area contributed by atoms with Crippen LogP contribution >= 0.6 is 11.6 Å². The van der Waals surface area contributed by atoms with E-state index in [2.05, 4.69) is 5.32 Å². The molecule has 5 nitrogen and oxygen atoms in total. The zero-order valence-corrected chi connectivity index (χ0v) is 15.3. The smallest absolute Gasteiger partial charge is 0.264 e. The van der Waals surface area contributed by atoms with Gasteiger partial charge >= 0.3 is 0 Å². The molecule has 0 saturated heterocycles. The van der Waals surface area contributed by atoms with Gasteiger partial charge in [0, 0.05) is 24.2 Å². The van der Waals surface area contributed by atoms with Crippen molar-refractivity contribution in [2.75, 3.05) is 17.9 Å². The molecular formula is C17H19ClN2O3S. The van der Waals surface area contributed by atoms with E-state index >= 15 is 0 Å². The minimum Gasteiger partial charge on any atom is -0.352 e. The van der Waals surface area contributed by atoms with Gasteiger partial charge in [-0.1, -0.05) is 17.7 Å². The lowest BCUT2D eigenvalue weighted by Crippen LogP contribution is -2.28. The first-order valence-electron chi connectivity index (χ1n) is 7.40. The minimum absolute atomic E-state index is 0.136. The van der Waals surface area contributed by atoms with Crippen LogP contribution < -0.4 is 9.62 Å². The first-order valence-corrected chi connectivity index (χ1v) is 9.22. The second kappa shape index (κ2) is 7.23. The van der Waals surface area contributed by atoms with Crippen LogP contribution in [0.25, 0.3) is 0 Å². The Morgan fingerprint density at radius 3 is 2.38 bits per heavy atom. The van der Waals surface area contributed by atoms with E-state index in [9.17, 15) is 13.2 Å². The molecule has 0 fully saturated rings. The number of halogens is 1. The number of amides is 1. The third-order valence-corrected chi connectivity index (χ3v) is 5.66. The number of benzene rings is 2. The summed E-state index contributed by atoms with van der Waals surface area (Å²) in [5.41, 5.74) is 1.62. The fourth-order valence-electron chi connectivity index (χ4n) is 2.25. The summed E-state index contributed by atoms with van der Waals surface area (Å²) >= 11 is 5.82. The highest BCUT2D eigenvalue weighted by atomic mass is 35.5. The number of aryl methyl sites for hydroxylation is 1. The van der Waals surface area contributed by atoms with E-state index in [1.807, 2.05) is 6.92 Å². The van der Waals surface area contributed by atoms with Gasteiger partial charge in [0.2, 0.25) is 0 Å². The number of hydrogen-bond donors (Lipinski definition) is 1. The van der Waals surface area contributed by atoms with Gasteiger partial charge in [0.1, 0.15) is 0 Å². The molecule has 0 aliphatic heterocycles. The molecule has 2 rings (SSSR count). The maximum atomic E-state index is 12.8. The quantitative estimate of drug-likeness (QED) is 0.883. The van der Waals surface area contributed by atoms with E-state index in [1.165, 1.54) is 35.6 Å². The largest absolute Gasteiger partial charge is 0.352 e. The molecule has 0 bridgehead atoms. The van der Waals surface area contributed by atoms with Crippen molar-refractivity contribution in [1.82, 2.24) is 5.32 Å². The lowest BCUT2D eigenvalue weighted by atomic mass is 10.1. The molecule has 0 unspecified atom stereocenters. The van der Waals surface area contributed by atoms with Gasteiger partial charge in [-0.3, -0.25) is 9.10 Å². The molecule has 0 atom stereocenters. The molecule has 128 valence electrons. The number of hydrogen-bond acceptors (Lipinski definition) is 3. The van der Waals surface area contributed by atoms with Gasteiger partial charge in [0.25, 0.3) is 15.9 Å². The number of nitrogens with one attached hydrogen (secondary N) is 1. The van der Waals surface area contributed by atoms with Crippen LogP contribution in [-0.4, -0.2) is 27.9 Å². The Bertz CT molecular complexity index is 849. The van der Waals surface area contributed by atoms with Crippen molar-refractivity contribution < 1.29 is 13.2 Å². The molecule has 7 heteroatoms. The van der Waals surface area contributed by atoms with Gasteiger partial charge in [0.05, 0.1) is 10.6 Å². The lowest BCUT2D eigenvalue weighted by molar-refractivity contribution is 0.0956. The van der Waals surface area contributed by atoms with Gasteiger partial charge in [-0.05, 0) is 55.8 Å². The van der Waals surface area contributed by atoms with Crippen molar-refractivity contribution in [1.29, 1.82) is 0 Å². The molecule has 0 aromatic heterocycles. The van der Waals surface area contributed by atoms with Crippen LogP contribution in [0, 0.1) is 6.92 Å². The van der Waals surface area contributed by atoms with Gasteiger partial charge < -0.3 is 5.32 Å². The van der Waals surface area contributed by atoms with Crippen LogP contribution in [0.1, 0.15) is 22.8 Å². The average Bonchev–Trinajstić information content (AvgIpc) is 2.55. The van der Waals surface area contributed by atoms with Gasteiger partial charge in [-0.15, -0.1) is 0 Å². The number of carbonyl (C=O) groups is 1. The van der Waals surface area contributed by atoms with E-state index in [0.717, 1.165) is 5.56 Å². The van der Waals surface area contributed by atoms with Crippen LogP contribution in [0.15, 0.2) is 47.4 Å². The molecule has 0 heterocycles. The van der Waals surface area contributed by atoms with Crippen molar-refractivity contribution in [2.24, 2.45) is 0 Å². The summed E-state index contributed by atoms with van der Waals surface area (Å²) in [7, 11) is -2.28. The number of carbonyl (C=O) groups excluding carboxylic acids is 1. The summed E-state index contributed by atoms with van der Waals surface area (Å²) in [6.45, 7) is 4.12. The molecule has 1 amide bonds. The highest BCUT2D eigenvalue weighted by Crippen LogP contribution is 2.27. The van der Waals surface area contributed by atoms with Crippen molar-refractivity contribution in [3.8, 4) is 0 Å². The Morgan fingerprint density at radius 1 is 1.17 bits per heavy atom. The summed E-state index contributed by atoms with van der Waals surface area (Å²) in [5, 5.41) is 3.17. The topological polar surface area (TPSA) is 66.5 Å². The lowest BCUT2D eigenvalue weighted by Gasteiger charge is -2.22. The van der Waals surface area contributed by atoms with Gasteiger partial charge in [-0.2, -0.15) is 0 Å². The molecule has 0 saturated carbocycles. The third kappa shape index (κ3) is 3.71. The Hall–Kier alpha value is -2.05. The standard InChI is InChI=1S/C17H19ClN2O3S/c1-4-19-17(21)13-6-5-12(2)16(11-13)20(3)24(22,23)15-9-7-14(18)8-10-15/h5-11H,4H2,1-3H3,(H,19,21). The van der Waals surface area contributed by atoms with E-state index < -0.39 is 10.0 Å². The summed E-state index contributed by atoms with van der Waals surface area (Å²) in [5.74, 6) is -0.240. The molecule has 0 aliphatic rings. The minimum atomic E-state index is -3.74. The zero-order valence-electron chi connectivity index (χ0n) is 13.7. The van der Waals surface area contributed by atoms with Crippen molar-refractivity contribution in [3.05, 3.63) is 58.6 Å². The number of sulfonamides is 1. The molecule has 1 N–H and O–H groups in total. The first kappa shape index (κ1) is 18.3. The predicted octanol–water partition coefficient (Wildman–Crippen LogP) is 3.22. The van der Waals surface area contributed by atoms with E-state index in [-0.39, 0.29) is 10.8 Å². The summed E-state index contributed by atoms with van der Waals surface area (Å²) in [6.07, 6.45) is 0. The maximum absolute atomic E-state index is 12.8. The van der Waals surface area contributed by atoms with Crippen molar-refractivity contribution >= 4 is 33.2 Å². The summed E-state index contributed by atoms with van der Waals surface area (Å²) in [6, 6.07) is 10.9. The normalized spacial score (nSPS) is 11.2. The van der Waals surface area contributed by atoms with Crippen LogP contribution in [0.2, 0.25) is 5.02 Å². The highest BCUT2D eigenvalue weighted by Gasteiger charge is 2.23. The summed E-state index contributed by atoms with van der Waals surface area (Å²) < 4.78 is 26.7. The van der Waals surface area contributed by atoms with Gasteiger partial charge in [-0.25, -0.2) is 8.42 Å². The summed E-state index contributed by atoms with van der Waals surface area (Å²) in [4.78, 5) is 12.1. The van der Waals surface area contributed by atoms with Crippen molar-refractivity contribution in [2.45, 2.75) is 18.7 Å². The molecule has 2 aromatic carbocycles. The highest BCUT2D eigenvalue weighted by molar-refractivity contribution is 7.92. The average molecular weight is 367 g/mol. The number of rotatable bonds is 5. The SMILES string of the molecule is CCNC(=O)c1ccc(C)c(N(C)S(=O)(=O)c2ccc(Cl)cc2)c1. The fourth-order valence-corrected chi connectivity index (χ4v) is 3.62. The number of nitrogens with zero attached hydrogens (tertiary/aromatic N) is 1. The van der Waals surface area contributed by atoms with E-state index in [4.69, 9.17) is 11.6 Å². The second-order valence-corrected chi connectivity index (χ2v) is 7.69. The molecule has 24 heavy (non-hydrogen) atoms. The molecule has 2 aromatic rings.